The van der Waals surface area contributed by atoms with E-state index in [-0.39, 0.29) is 0 Å². The topological polar surface area (TPSA) is 64.1 Å². The second kappa shape index (κ2) is 7.78. The van der Waals surface area contributed by atoms with Crippen LogP contribution in [0.3, 0.4) is 0 Å². The molecule has 1 N–H and O–H groups in total. The number of hydrogen-bond donors (Lipinski definition) is 1. The maximum Gasteiger partial charge on any atom is 0.343 e. The first-order valence-corrected chi connectivity index (χ1v) is 8.52. The van der Waals surface area contributed by atoms with E-state index in [0.29, 0.717) is 23.8 Å². The molecular weight excluding hydrogens is 326 g/mol. The Morgan fingerprint density at radius 3 is 2.62 bits per heavy atom. The van der Waals surface area contributed by atoms with E-state index in [9.17, 15) is 4.79 Å². The number of aromatic nitrogens is 2. The highest BCUT2D eigenvalue weighted by molar-refractivity contribution is 5.95. The zero-order chi connectivity index (χ0) is 18.5. The van der Waals surface area contributed by atoms with Crippen LogP contribution < -0.4 is 5.32 Å². The summed E-state index contributed by atoms with van der Waals surface area (Å²) in [6.07, 6.45) is 1.51. The summed E-state index contributed by atoms with van der Waals surface area (Å²) in [6.45, 7) is 6.09. The Labute approximate surface area is 153 Å². The number of aryl methyl sites for hydroxylation is 2. The Hall–Kier alpha value is -3.21. The number of ether oxygens (including phenoxy) is 1. The molecule has 26 heavy (non-hydrogen) atoms. The van der Waals surface area contributed by atoms with Crippen molar-refractivity contribution in [3.63, 3.8) is 0 Å². The molecule has 0 aliphatic rings. The van der Waals surface area contributed by atoms with Crippen LogP contribution in [0.25, 0.3) is 11.4 Å². The number of nitrogens with zero attached hydrogens (tertiary/aromatic N) is 2. The Balaban J connectivity index is 2.06. The van der Waals surface area contributed by atoms with E-state index in [2.05, 4.69) is 15.3 Å². The number of nitrogens with one attached hydrogen (secondary N) is 1. The van der Waals surface area contributed by atoms with Gasteiger partial charge in [-0.2, -0.15) is 0 Å². The summed E-state index contributed by atoms with van der Waals surface area (Å²) in [6, 6.07) is 15.7. The summed E-state index contributed by atoms with van der Waals surface area (Å²) in [5, 5.41) is 3.28. The molecule has 0 saturated heterocycles. The van der Waals surface area contributed by atoms with Crippen molar-refractivity contribution >= 4 is 17.5 Å². The van der Waals surface area contributed by atoms with Crippen LogP contribution in [0.15, 0.2) is 54.7 Å². The lowest BCUT2D eigenvalue weighted by atomic mass is 10.1. The summed E-state index contributed by atoms with van der Waals surface area (Å²) in [7, 11) is 0. The molecular formula is C21H21N3O2. The zero-order valence-corrected chi connectivity index (χ0v) is 15.1. The van der Waals surface area contributed by atoms with Crippen molar-refractivity contribution in [1.82, 2.24) is 9.97 Å². The van der Waals surface area contributed by atoms with Crippen LogP contribution in [-0.2, 0) is 4.74 Å². The van der Waals surface area contributed by atoms with Crippen molar-refractivity contribution in [2.75, 3.05) is 11.9 Å². The van der Waals surface area contributed by atoms with Crippen LogP contribution in [0.2, 0.25) is 0 Å². The molecule has 0 radical (unpaired) electrons. The van der Waals surface area contributed by atoms with Crippen LogP contribution in [0.5, 0.6) is 0 Å². The lowest BCUT2D eigenvalue weighted by Gasteiger charge is -2.14. The molecule has 5 heteroatoms. The Morgan fingerprint density at radius 1 is 1.12 bits per heavy atom. The standard InChI is InChI=1S/C21H21N3O2/c1-4-26-21(25)17-13-22-19(16-8-6-5-7-9-16)24-20(17)23-18-12-14(2)10-11-15(18)3/h5-13H,4H2,1-3H3,(H,22,23,24). The third-order valence-electron chi connectivity index (χ3n) is 3.96. The second-order valence-electron chi connectivity index (χ2n) is 5.99. The predicted octanol–water partition coefficient (Wildman–Crippen LogP) is 4.68. The van der Waals surface area contributed by atoms with Gasteiger partial charge in [-0.05, 0) is 38.0 Å². The second-order valence-corrected chi connectivity index (χ2v) is 5.99. The highest BCUT2D eigenvalue weighted by atomic mass is 16.5. The predicted molar refractivity (Wildman–Crippen MR) is 103 cm³/mol. The SMILES string of the molecule is CCOC(=O)c1cnc(-c2ccccc2)nc1Nc1cc(C)ccc1C. The number of anilines is 2. The first-order valence-electron chi connectivity index (χ1n) is 8.52. The monoisotopic (exact) mass is 347 g/mol. The number of benzene rings is 2. The fraction of sp³-hybridized carbons (Fsp3) is 0.190. The van der Waals surface area contributed by atoms with Crippen molar-refractivity contribution in [2.45, 2.75) is 20.8 Å². The van der Waals surface area contributed by atoms with Gasteiger partial charge in [-0.1, -0.05) is 42.5 Å². The molecule has 0 unspecified atom stereocenters. The van der Waals surface area contributed by atoms with E-state index in [0.717, 1.165) is 22.4 Å². The van der Waals surface area contributed by atoms with Gasteiger partial charge in [-0.15, -0.1) is 0 Å². The highest BCUT2D eigenvalue weighted by Gasteiger charge is 2.17. The van der Waals surface area contributed by atoms with Gasteiger partial charge in [-0.3, -0.25) is 0 Å². The fourth-order valence-corrected chi connectivity index (χ4v) is 2.56. The lowest BCUT2D eigenvalue weighted by Crippen LogP contribution is -2.11. The summed E-state index contributed by atoms with van der Waals surface area (Å²) in [5.74, 6) is 0.539. The minimum atomic E-state index is -0.445. The Kier molecular flexibility index (Phi) is 5.27. The normalized spacial score (nSPS) is 10.4. The van der Waals surface area contributed by atoms with E-state index in [4.69, 9.17) is 4.74 Å². The van der Waals surface area contributed by atoms with Crippen LogP contribution >= 0.6 is 0 Å². The molecule has 0 atom stereocenters. The molecule has 0 saturated carbocycles. The molecule has 0 spiro atoms. The molecule has 0 bridgehead atoms. The zero-order valence-electron chi connectivity index (χ0n) is 15.1. The third-order valence-corrected chi connectivity index (χ3v) is 3.96. The molecule has 0 amide bonds. The first-order chi connectivity index (χ1) is 12.6. The van der Waals surface area contributed by atoms with E-state index in [1.165, 1.54) is 6.20 Å². The first kappa shape index (κ1) is 17.6. The molecule has 5 nitrogen and oxygen atoms in total. The molecule has 0 fully saturated rings. The third kappa shape index (κ3) is 3.88. The number of carbonyl (C=O) groups excluding carboxylic acids is 1. The van der Waals surface area contributed by atoms with Crippen LogP contribution in [0.4, 0.5) is 11.5 Å². The smallest absolute Gasteiger partial charge is 0.343 e. The number of esters is 1. The number of carbonyl (C=O) groups is 1. The lowest BCUT2D eigenvalue weighted by molar-refractivity contribution is 0.0526. The average molecular weight is 347 g/mol. The van der Waals surface area contributed by atoms with Crippen LogP contribution in [0.1, 0.15) is 28.4 Å². The van der Waals surface area contributed by atoms with Crippen molar-refractivity contribution in [3.8, 4) is 11.4 Å². The highest BCUT2D eigenvalue weighted by Crippen LogP contribution is 2.25. The summed E-state index contributed by atoms with van der Waals surface area (Å²) >= 11 is 0. The summed E-state index contributed by atoms with van der Waals surface area (Å²) < 4.78 is 5.15. The summed E-state index contributed by atoms with van der Waals surface area (Å²) in [5.41, 5.74) is 4.27. The van der Waals surface area contributed by atoms with Crippen molar-refractivity contribution in [2.24, 2.45) is 0 Å². The van der Waals surface area contributed by atoms with Crippen molar-refractivity contribution in [1.29, 1.82) is 0 Å². The quantitative estimate of drug-likeness (QED) is 0.679. The number of rotatable bonds is 5. The van der Waals surface area contributed by atoms with Gasteiger partial charge in [0.05, 0.1) is 6.61 Å². The van der Waals surface area contributed by atoms with E-state index >= 15 is 0 Å². The minimum Gasteiger partial charge on any atom is -0.462 e. The van der Waals surface area contributed by atoms with Crippen LogP contribution in [-0.4, -0.2) is 22.5 Å². The minimum absolute atomic E-state index is 0.294. The van der Waals surface area contributed by atoms with Gasteiger partial charge in [0.2, 0.25) is 0 Å². The van der Waals surface area contributed by atoms with Gasteiger partial charge in [0.15, 0.2) is 5.82 Å². The van der Waals surface area contributed by atoms with Gasteiger partial charge in [0, 0.05) is 17.4 Å². The van der Waals surface area contributed by atoms with Gasteiger partial charge in [-0.25, -0.2) is 14.8 Å². The molecule has 1 heterocycles. The average Bonchev–Trinajstić information content (AvgIpc) is 2.65. The van der Waals surface area contributed by atoms with Crippen molar-refractivity contribution < 1.29 is 9.53 Å². The van der Waals surface area contributed by atoms with Gasteiger partial charge in [0.1, 0.15) is 11.4 Å². The molecule has 0 aliphatic carbocycles. The van der Waals surface area contributed by atoms with E-state index < -0.39 is 5.97 Å². The molecule has 0 aliphatic heterocycles. The summed E-state index contributed by atoms with van der Waals surface area (Å²) in [4.78, 5) is 21.2. The van der Waals surface area contributed by atoms with Gasteiger partial charge >= 0.3 is 5.97 Å². The largest absolute Gasteiger partial charge is 0.462 e. The molecule has 2 aromatic carbocycles. The molecule has 3 rings (SSSR count). The Bertz CT molecular complexity index is 924. The Morgan fingerprint density at radius 2 is 1.88 bits per heavy atom. The van der Waals surface area contributed by atoms with E-state index in [1.807, 2.05) is 62.4 Å². The maximum absolute atomic E-state index is 12.3. The van der Waals surface area contributed by atoms with Crippen molar-refractivity contribution in [3.05, 3.63) is 71.4 Å². The molecule has 132 valence electrons. The maximum atomic E-state index is 12.3. The van der Waals surface area contributed by atoms with Gasteiger partial charge in [0.25, 0.3) is 0 Å². The number of hydrogen-bond acceptors (Lipinski definition) is 5. The molecule has 3 aromatic rings. The van der Waals surface area contributed by atoms with Gasteiger partial charge < -0.3 is 10.1 Å². The van der Waals surface area contributed by atoms with Crippen LogP contribution in [0, 0.1) is 13.8 Å². The fourth-order valence-electron chi connectivity index (χ4n) is 2.56. The molecule has 1 aromatic heterocycles. The van der Waals surface area contributed by atoms with E-state index in [1.54, 1.807) is 6.92 Å².